The minimum atomic E-state index is 0.761. The second-order valence-corrected chi connectivity index (χ2v) is 3.27. The molecule has 0 spiro atoms. The number of hydrogen-bond acceptors (Lipinski definition) is 3. The van der Waals surface area contributed by atoms with Crippen LogP contribution in [0.5, 0.6) is 0 Å². The van der Waals surface area contributed by atoms with Crippen molar-refractivity contribution in [2.45, 2.75) is 6.04 Å². The van der Waals surface area contributed by atoms with Crippen LogP contribution in [-0.4, -0.2) is 43.2 Å². The molecule has 0 aliphatic carbocycles. The maximum Gasteiger partial charge on any atom is 0.0442 e. The Kier molecular flexibility index (Phi) is 2.82. The molecule has 0 aromatic rings. The minimum absolute atomic E-state index is 0.761. The van der Waals surface area contributed by atoms with Crippen molar-refractivity contribution in [2.75, 3.05) is 32.3 Å². The van der Waals surface area contributed by atoms with Gasteiger partial charge in [0.1, 0.15) is 0 Å². The average Bonchev–Trinajstić information content (AvgIpc) is 1.77. The summed E-state index contributed by atoms with van der Waals surface area (Å²) in [6.07, 6.45) is 2.15. The first kappa shape index (κ1) is 7.38. The molecule has 1 saturated heterocycles. The van der Waals surface area contributed by atoms with Gasteiger partial charge in [0.15, 0.2) is 0 Å². The zero-order valence-corrected chi connectivity index (χ0v) is 6.87. The molecule has 1 fully saturated rings. The summed E-state index contributed by atoms with van der Waals surface area (Å²) < 4.78 is 0. The van der Waals surface area contributed by atoms with E-state index in [0.29, 0.717) is 0 Å². The van der Waals surface area contributed by atoms with Crippen LogP contribution >= 0.6 is 11.8 Å². The van der Waals surface area contributed by atoms with Crippen LogP contribution in [0.1, 0.15) is 0 Å². The smallest absolute Gasteiger partial charge is 0.0442 e. The van der Waals surface area contributed by atoms with Gasteiger partial charge in [-0.25, -0.2) is 0 Å². The Hall–Kier alpha value is 0.270. The van der Waals surface area contributed by atoms with E-state index in [-0.39, 0.29) is 0 Å². The molecule has 1 N–H and O–H groups in total. The summed E-state index contributed by atoms with van der Waals surface area (Å²) in [5.41, 5.74) is 0. The van der Waals surface area contributed by atoms with E-state index in [2.05, 4.69) is 16.5 Å². The summed E-state index contributed by atoms with van der Waals surface area (Å²) in [6, 6.07) is 0.761. The van der Waals surface area contributed by atoms with Crippen LogP contribution in [0.4, 0.5) is 0 Å². The topological polar surface area (TPSA) is 15.3 Å². The van der Waals surface area contributed by atoms with Gasteiger partial charge in [-0.1, -0.05) is 0 Å². The number of nitrogens with zero attached hydrogens (tertiary/aromatic N) is 1. The molecule has 1 aliphatic rings. The van der Waals surface area contributed by atoms with Crippen LogP contribution in [0.15, 0.2) is 0 Å². The Morgan fingerprint density at radius 2 is 2.33 bits per heavy atom. The second kappa shape index (κ2) is 3.44. The van der Waals surface area contributed by atoms with Crippen molar-refractivity contribution in [3.8, 4) is 0 Å². The van der Waals surface area contributed by atoms with Crippen LogP contribution in [0, 0.1) is 0 Å². The molecule has 0 bridgehead atoms. The third-order valence-electron chi connectivity index (χ3n) is 1.68. The Morgan fingerprint density at radius 1 is 1.67 bits per heavy atom. The number of likely N-dealkylation sites (N-methyl/N-ethyl adjacent to an activating group) is 1. The number of rotatable bonds is 3. The maximum absolute atomic E-state index is 3.24. The van der Waals surface area contributed by atoms with Gasteiger partial charge in [-0.15, -0.1) is 11.8 Å². The number of thioether (sulfide) groups is 1. The minimum Gasteiger partial charge on any atom is -0.315 e. The fourth-order valence-electron chi connectivity index (χ4n) is 1.04. The normalized spacial score (nSPS) is 22.0. The molecule has 0 radical (unpaired) electrons. The van der Waals surface area contributed by atoms with Gasteiger partial charge in [-0.2, -0.15) is 0 Å². The largest absolute Gasteiger partial charge is 0.315 e. The predicted octanol–water partition coefficient (Wildman–Crippen LogP) is 0.210. The highest BCUT2D eigenvalue weighted by Gasteiger charge is 2.23. The third kappa shape index (κ3) is 1.85. The van der Waals surface area contributed by atoms with E-state index in [1.165, 1.54) is 19.0 Å². The van der Waals surface area contributed by atoms with Crippen molar-refractivity contribution in [2.24, 2.45) is 0 Å². The van der Waals surface area contributed by atoms with E-state index >= 15 is 0 Å². The maximum atomic E-state index is 3.24. The van der Waals surface area contributed by atoms with Crippen LogP contribution in [0.2, 0.25) is 0 Å². The first-order valence-corrected chi connectivity index (χ1v) is 4.64. The lowest BCUT2D eigenvalue weighted by Crippen LogP contribution is -2.56. The molecule has 0 unspecified atom stereocenters. The zero-order valence-electron chi connectivity index (χ0n) is 6.05. The lowest BCUT2D eigenvalue weighted by Gasteiger charge is -2.38. The molecular formula is C6H14N2S. The monoisotopic (exact) mass is 146 g/mol. The van der Waals surface area contributed by atoms with Gasteiger partial charge in [0.2, 0.25) is 0 Å². The van der Waals surface area contributed by atoms with Crippen LogP contribution in [0.25, 0.3) is 0 Å². The predicted molar refractivity (Wildman–Crippen MR) is 42.8 cm³/mol. The SMILES string of the molecule is CNC1CN(CSC)C1. The van der Waals surface area contributed by atoms with Gasteiger partial charge in [-0.05, 0) is 13.3 Å². The highest BCUT2D eigenvalue weighted by atomic mass is 32.2. The Balaban J connectivity index is 1.98. The van der Waals surface area contributed by atoms with Crippen molar-refractivity contribution in [3.05, 3.63) is 0 Å². The first-order chi connectivity index (χ1) is 4.36. The molecule has 0 aromatic carbocycles. The lowest BCUT2D eigenvalue weighted by atomic mass is 10.1. The van der Waals surface area contributed by atoms with Gasteiger partial charge in [0.25, 0.3) is 0 Å². The molecule has 2 nitrogen and oxygen atoms in total. The summed E-state index contributed by atoms with van der Waals surface area (Å²) in [7, 11) is 2.03. The van der Waals surface area contributed by atoms with Gasteiger partial charge >= 0.3 is 0 Å². The summed E-state index contributed by atoms with van der Waals surface area (Å²) in [6.45, 7) is 2.47. The molecule has 54 valence electrons. The zero-order chi connectivity index (χ0) is 6.69. The molecule has 0 aromatic heterocycles. The first-order valence-electron chi connectivity index (χ1n) is 3.25. The van der Waals surface area contributed by atoms with Crippen LogP contribution < -0.4 is 5.32 Å². The van der Waals surface area contributed by atoms with Crippen molar-refractivity contribution >= 4 is 11.8 Å². The summed E-state index contributed by atoms with van der Waals surface area (Å²) in [4.78, 5) is 2.44. The van der Waals surface area contributed by atoms with Gasteiger partial charge in [0.05, 0.1) is 0 Å². The molecular weight excluding hydrogens is 132 g/mol. The number of likely N-dealkylation sites (tertiary alicyclic amines) is 1. The van der Waals surface area contributed by atoms with Gasteiger partial charge in [0, 0.05) is 25.0 Å². The van der Waals surface area contributed by atoms with E-state index in [1.54, 1.807) is 0 Å². The van der Waals surface area contributed by atoms with E-state index in [4.69, 9.17) is 0 Å². The number of nitrogens with one attached hydrogen (secondary N) is 1. The third-order valence-corrected chi connectivity index (χ3v) is 2.30. The quantitative estimate of drug-likeness (QED) is 0.613. The fraction of sp³-hybridized carbons (Fsp3) is 1.00. The standard InChI is InChI=1S/C6H14N2S/c1-7-6-3-8(4-6)5-9-2/h6-7H,3-5H2,1-2H3. The van der Waals surface area contributed by atoms with Crippen LogP contribution in [0.3, 0.4) is 0 Å². The summed E-state index contributed by atoms with van der Waals surface area (Å²) >= 11 is 1.90. The molecule has 9 heavy (non-hydrogen) atoms. The molecule has 0 atom stereocenters. The second-order valence-electron chi connectivity index (χ2n) is 2.44. The molecule has 1 rings (SSSR count). The van der Waals surface area contributed by atoms with E-state index in [9.17, 15) is 0 Å². The van der Waals surface area contributed by atoms with Gasteiger partial charge in [-0.3, -0.25) is 4.90 Å². The van der Waals surface area contributed by atoms with Crippen molar-refractivity contribution in [3.63, 3.8) is 0 Å². The molecule has 1 heterocycles. The molecule has 3 heteroatoms. The van der Waals surface area contributed by atoms with E-state index < -0.39 is 0 Å². The Bertz CT molecular complexity index is 81.1. The molecule has 1 aliphatic heterocycles. The van der Waals surface area contributed by atoms with Gasteiger partial charge < -0.3 is 5.32 Å². The van der Waals surface area contributed by atoms with Crippen molar-refractivity contribution in [1.82, 2.24) is 10.2 Å². The summed E-state index contributed by atoms with van der Waals surface area (Å²) in [5, 5.41) is 3.24. The molecule has 0 saturated carbocycles. The van der Waals surface area contributed by atoms with E-state index in [1.807, 2.05) is 18.8 Å². The highest BCUT2D eigenvalue weighted by Crippen LogP contribution is 2.09. The van der Waals surface area contributed by atoms with Crippen LogP contribution in [-0.2, 0) is 0 Å². The molecule has 0 amide bonds. The van der Waals surface area contributed by atoms with Crippen molar-refractivity contribution in [1.29, 1.82) is 0 Å². The van der Waals surface area contributed by atoms with E-state index in [0.717, 1.165) is 6.04 Å². The van der Waals surface area contributed by atoms with Crippen molar-refractivity contribution < 1.29 is 0 Å². The number of hydrogen-bond donors (Lipinski definition) is 1. The highest BCUT2D eigenvalue weighted by molar-refractivity contribution is 7.98. The average molecular weight is 146 g/mol. The Morgan fingerprint density at radius 3 is 2.78 bits per heavy atom. The lowest BCUT2D eigenvalue weighted by molar-refractivity contribution is 0.160. The Labute approximate surface area is 61.0 Å². The fourth-order valence-corrected chi connectivity index (χ4v) is 1.62. The summed E-state index contributed by atoms with van der Waals surface area (Å²) in [5.74, 6) is 1.19.